The molecule has 0 saturated heterocycles. The van der Waals surface area contributed by atoms with E-state index in [0.717, 1.165) is 5.56 Å². The Labute approximate surface area is 211 Å². The summed E-state index contributed by atoms with van der Waals surface area (Å²) in [5.74, 6) is -0.205. The molecule has 0 aliphatic heterocycles. The molecule has 2 N–H and O–H groups in total. The van der Waals surface area contributed by atoms with Gasteiger partial charge in [-0.15, -0.1) is 0 Å². The van der Waals surface area contributed by atoms with E-state index >= 15 is 0 Å². The maximum Gasteiger partial charge on any atom is 0.262 e. The first-order valence-electron chi connectivity index (χ1n) is 10.9. The second-order valence-electron chi connectivity index (χ2n) is 7.56. The fourth-order valence-corrected chi connectivity index (χ4v) is 3.62. The lowest BCUT2D eigenvalue weighted by Crippen LogP contribution is -2.20. The van der Waals surface area contributed by atoms with Crippen molar-refractivity contribution < 1.29 is 23.5 Å². The topological polar surface area (TPSA) is 89.0 Å². The van der Waals surface area contributed by atoms with Crippen LogP contribution >= 0.6 is 15.9 Å². The molecular weight excluding hydrogens is 517 g/mol. The summed E-state index contributed by atoms with van der Waals surface area (Å²) in [4.78, 5) is 24.4. The number of anilines is 1. The summed E-state index contributed by atoms with van der Waals surface area (Å²) < 4.78 is 24.9. The van der Waals surface area contributed by atoms with Gasteiger partial charge in [0.15, 0.2) is 18.1 Å². The Kier molecular flexibility index (Phi) is 9.37. The number of hydrazone groups is 1. The van der Waals surface area contributed by atoms with Crippen molar-refractivity contribution in [1.82, 2.24) is 5.43 Å². The van der Waals surface area contributed by atoms with Crippen LogP contribution in [0.2, 0.25) is 0 Å². The van der Waals surface area contributed by atoms with E-state index in [2.05, 4.69) is 31.8 Å². The molecule has 0 aromatic heterocycles. The first-order valence-corrected chi connectivity index (χ1v) is 11.7. The van der Waals surface area contributed by atoms with Gasteiger partial charge in [0.05, 0.1) is 23.7 Å². The number of carbonyl (C=O) groups is 2. The Morgan fingerprint density at radius 3 is 2.43 bits per heavy atom. The molecule has 0 bridgehead atoms. The van der Waals surface area contributed by atoms with Gasteiger partial charge in [-0.25, -0.2) is 9.82 Å². The van der Waals surface area contributed by atoms with E-state index in [1.165, 1.54) is 18.3 Å². The molecule has 7 nitrogen and oxygen atoms in total. The third-order valence-corrected chi connectivity index (χ3v) is 5.28. The van der Waals surface area contributed by atoms with Crippen LogP contribution in [0.3, 0.4) is 0 Å². The van der Waals surface area contributed by atoms with Crippen LogP contribution < -0.4 is 20.2 Å². The number of benzene rings is 3. The summed E-state index contributed by atoms with van der Waals surface area (Å²) in [7, 11) is 0. The van der Waals surface area contributed by atoms with Crippen LogP contribution in [-0.4, -0.2) is 31.2 Å². The molecule has 0 radical (unpaired) electrons. The van der Waals surface area contributed by atoms with Gasteiger partial charge >= 0.3 is 0 Å². The monoisotopic (exact) mass is 541 g/mol. The summed E-state index contributed by atoms with van der Waals surface area (Å²) in [5.41, 5.74) is 5.53. The van der Waals surface area contributed by atoms with Crippen molar-refractivity contribution in [3.63, 3.8) is 0 Å². The van der Waals surface area contributed by atoms with Crippen molar-refractivity contribution in [2.75, 3.05) is 18.5 Å². The number of ether oxygens (including phenoxy) is 2. The molecule has 0 heterocycles. The maximum absolute atomic E-state index is 13.0. The van der Waals surface area contributed by atoms with Crippen LogP contribution in [0.4, 0.5) is 10.1 Å². The highest BCUT2D eigenvalue weighted by Crippen LogP contribution is 2.36. The van der Waals surface area contributed by atoms with Crippen LogP contribution in [0.15, 0.2) is 70.2 Å². The van der Waals surface area contributed by atoms with Gasteiger partial charge in [0, 0.05) is 5.69 Å². The normalized spacial score (nSPS) is 10.7. The molecular formula is C26H25BrFN3O4. The number of nitrogens with zero attached hydrogens (tertiary/aromatic N) is 1. The summed E-state index contributed by atoms with van der Waals surface area (Å²) in [5, 5.41) is 6.75. The van der Waals surface area contributed by atoms with E-state index in [-0.39, 0.29) is 30.7 Å². The molecule has 0 fully saturated rings. The zero-order valence-corrected chi connectivity index (χ0v) is 20.9. The highest BCUT2D eigenvalue weighted by Gasteiger charge is 2.14. The molecule has 3 rings (SSSR count). The minimum atomic E-state index is -0.359. The van der Waals surface area contributed by atoms with Gasteiger partial charge in [0.2, 0.25) is 5.91 Å². The molecule has 0 spiro atoms. The predicted molar refractivity (Wildman–Crippen MR) is 136 cm³/mol. The molecule has 3 aromatic rings. The lowest BCUT2D eigenvalue weighted by molar-refractivity contribution is -0.120. The maximum atomic E-state index is 13.0. The molecule has 0 aliphatic carbocycles. The summed E-state index contributed by atoms with van der Waals surface area (Å²) in [6, 6.07) is 16.6. The summed E-state index contributed by atoms with van der Waals surface area (Å²) in [6.45, 7) is 3.98. The molecule has 0 unspecified atom stereocenters. The van der Waals surface area contributed by atoms with Crippen molar-refractivity contribution in [1.29, 1.82) is 0 Å². The van der Waals surface area contributed by atoms with Crippen molar-refractivity contribution in [2.24, 2.45) is 5.10 Å². The number of halogens is 2. The third kappa shape index (κ3) is 8.22. The first-order chi connectivity index (χ1) is 16.8. The Morgan fingerprint density at radius 2 is 1.74 bits per heavy atom. The lowest BCUT2D eigenvalue weighted by atomic mass is 10.1. The van der Waals surface area contributed by atoms with Gasteiger partial charge in [0.1, 0.15) is 5.82 Å². The predicted octanol–water partition coefficient (Wildman–Crippen LogP) is 5.01. The van der Waals surface area contributed by atoms with Gasteiger partial charge in [-0.1, -0.05) is 29.8 Å². The Bertz CT molecular complexity index is 1200. The molecule has 2 amide bonds. The van der Waals surface area contributed by atoms with Crippen LogP contribution in [0.5, 0.6) is 11.5 Å². The minimum Gasteiger partial charge on any atom is -0.490 e. The zero-order valence-electron chi connectivity index (χ0n) is 19.3. The van der Waals surface area contributed by atoms with E-state index in [1.807, 2.05) is 38.1 Å². The van der Waals surface area contributed by atoms with Crippen molar-refractivity contribution in [2.45, 2.75) is 20.3 Å². The lowest BCUT2D eigenvalue weighted by Gasteiger charge is -2.14. The van der Waals surface area contributed by atoms with Gasteiger partial charge < -0.3 is 14.8 Å². The van der Waals surface area contributed by atoms with Gasteiger partial charge in [0.25, 0.3) is 5.91 Å². The zero-order chi connectivity index (χ0) is 25.2. The second-order valence-corrected chi connectivity index (χ2v) is 8.42. The molecule has 0 atom stereocenters. The van der Waals surface area contributed by atoms with Crippen molar-refractivity contribution in [3.05, 3.63) is 87.6 Å². The molecule has 182 valence electrons. The van der Waals surface area contributed by atoms with Crippen molar-refractivity contribution >= 4 is 39.6 Å². The van der Waals surface area contributed by atoms with Gasteiger partial charge in [-0.2, -0.15) is 5.10 Å². The molecule has 0 saturated carbocycles. The van der Waals surface area contributed by atoms with Crippen molar-refractivity contribution in [3.8, 4) is 11.5 Å². The number of hydrogen-bond acceptors (Lipinski definition) is 5. The molecule has 35 heavy (non-hydrogen) atoms. The van der Waals surface area contributed by atoms with E-state index < -0.39 is 0 Å². The van der Waals surface area contributed by atoms with E-state index in [0.29, 0.717) is 39.4 Å². The van der Waals surface area contributed by atoms with Gasteiger partial charge in [-0.3, -0.25) is 9.59 Å². The average molecular weight is 542 g/mol. The van der Waals surface area contributed by atoms with Crippen LogP contribution in [-0.2, 0) is 16.0 Å². The van der Waals surface area contributed by atoms with Gasteiger partial charge in [-0.05, 0) is 77.3 Å². The quantitative estimate of drug-likeness (QED) is 0.279. The highest BCUT2D eigenvalue weighted by atomic mass is 79.9. The first kappa shape index (κ1) is 25.9. The van der Waals surface area contributed by atoms with E-state index in [9.17, 15) is 14.0 Å². The smallest absolute Gasteiger partial charge is 0.262 e. The largest absolute Gasteiger partial charge is 0.490 e. The summed E-state index contributed by atoms with van der Waals surface area (Å²) >= 11 is 3.45. The SMILES string of the molecule is CCOc1cc(/C=N/NC(=O)Cc2ccc(F)cc2)cc(Br)c1OCC(=O)Nc1ccc(C)cc1. The number of hydrogen-bond donors (Lipinski definition) is 2. The molecule has 3 aromatic carbocycles. The molecule has 0 aliphatic rings. The fourth-order valence-electron chi connectivity index (χ4n) is 3.04. The number of rotatable bonds is 10. The van der Waals surface area contributed by atoms with Crippen LogP contribution in [0.25, 0.3) is 0 Å². The van der Waals surface area contributed by atoms with Crippen LogP contribution in [0, 0.1) is 12.7 Å². The number of aryl methyl sites for hydroxylation is 1. The Balaban J connectivity index is 1.60. The standard InChI is InChI=1S/C26H25BrFN3O4/c1-3-34-23-13-19(15-29-31-24(32)14-18-6-8-20(28)9-7-18)12-22(27)26(23)35-16-25(33)30-21-10-4-17(2)5-11-21/h4-13,15H,3,14,16H2,1-2H3,(H,30,33)(H,31,32)/b29-15+. The third-order valence-electron chi connectivity index (χ3n) is 4.70. The minimum absolute atomic E-state index is 0.0724. The summed E-state index contributed by atoms with van der Waals surface area (Å²) in [6.07, 6.45) is 1.53. The number of nitrogens with one attached hydrogen (secondary N) is 2. The Morgan fingerprint density at radius 1 is 1.03 bits per heavy atom. The number of amides is 2. The van der Waals surface area contributed by atoms with E-state index in [4.69, 9.17) is 9.47 Å². The average Bonchev–Trinajstić information content (AvgIpc) is 2.82. The second kappa shape index (κ2) is 12.7. The van der Waals surface area contributed by atoms with Crippen LogP contribution in [0.1, 0.15) is 23.6 Å². The fraction of sp³-hybridized carbons (Fsp3) is 0.192. The number of carbonyl (C=O) groups excluding carboxylic acids is 2. The van der Waals surface area contributed by atoms with E-state index in [1.54, 1.807) is 24.3 Å². The highest BCUT2D eigenvalue weighted by molar-refractivity contribution is 9.10. The Hall–Kier alpha value is -3.72. The molecule has 9 heteroatoms.